The van der Waals surface area contributed by atoms with Crippen LogP contribution in [-0.4, -0.2) is 29.4 Å². The minimum absolute atomic E-state index is 0.737. The van der Waals surface area contributed by atoms with Crippen LogP contribution in [0, 0.1) is 11.8 Å². The molecule has 1 nitrogen and oxygen atoms in total. The second-order valence-corrected chi connectivity index (χ2v) is 5.99. The summed E-state index contributed by atoms with van der Waals surface area (Å²) in [7, 11) is 0. The van der Waals surface area contributed by atoms with Crippen molar-refractivity contribution in [3.63, 3.8) is 0 Å². The molecule has 2 atom stereocenters. The van der Waals surface area contributed by atoms with Crippen LogP contribution in [0.5, 0.6) is 0 Å². The number of alkyl halides is 1. The fourth-order valence-corrected chi connectivity index (χ4v) is 2.73. The molecule has 0 N–H and O–H groups in total. The van der Waals surface area contributed by atoms with Gasteiger partial charge in [0.15, 0.2) is 0 Å². The van der Waals surface area contributed by atoms with E-state index < -0.39 is 0 Å². The van der Waals surface area contributed by atoms with E-state index in [2.05, 4.69) is 27.8 Å². The lowest BCUT2D eigenvalue weighted by Gasteiger charge is -2.34. The van der Waals surface area contributed by atoms with Gasteiger partial charge in [-0.2, -0.15) is 0 Å². The predicted molar refractivity (Wildman–Crippen MR) is 60.3 cm³/mol. The largest absolute Gasteiger partial charge is 0.302 e. The first-order valence-corrected chi connectivity index (χ1v) is 6.53. The fourth-order valence-electron chi connectivity index (χ4n) is 2.06. The summed E-state index contributed by atoms with van der Waals surface area (Å²) in [5, 5.41) is 0. The van der Waals surface area contributed by atoms with Crippen LogP contribution in [0.25, 0.3) is 0 Å². The van der Waals surface area contributed by atoms with E-state index in [1.807, 2.05) is 0 Å². The minimum atomic E-state index is 0.737. The Hall–Kier alpha value is 0.440. The SMILES string of the molecule is CC1CCN(CCC2CC2)CC1Br. The first-order valence-electron chi connectivity index (χ1n) is 5.62. The Morgan fingerprint density at radius 2 is 2.08 bits per heavy atom. The van der Waals surface area contributed by atoms with E-state index in [0.717, 1.165) is 16.7 Å². The minimum Gasteiger partial charge on any atom is -0.302 e. The standard InChI is InChI=1S/C11H20BrN/c1-9-4-6-13(8-11(9)12)7-5-10-2-3-10/h9-11H,2-8H2,1H3. The van der Waals surface area contributed by atoms with Gasteiger partial charge >= 0.3 is 0 Å². The highest BCUT2D eigenvalue weighted by Gasteiger charge is 2.26. The third-order valence-corrected chi connectivity index (χ3v) is 4.69. The number of piperidine rings is 1. The molecule has 2 rings (SSSR count). The molecule has 2 fully saturated rings. The quantitative estimate of drug-likeness (QED) is 0.692. The van der Waals surface area contributed by atoms with E-state index >= 15 is 0 Å². The Bertz CT molecular complexity index is 167. The van der Waals surface area contributed by atoms with Crippen LogP contribution < -0.4 is 0 Å². The molecular formula is C11H20BrN. The van der Waals surface area contributed by atoms with Crippen molar-refractivity contribution in [1.82, 2.24) is 4.90 Å². The summed E-state index contributed by atoms with van der Waals surface area (Å²) in [6.45, 7) is 6.31. The second-order valence-electron chi connectivity index (χ2n) is 4.81. The van der Waals surface area contributed by atoms with Crippen molar-refractivity contribution < 1.29 is 0 Å². The lowest BCUT2D eigenvalue weighted by molar-refractivity contribution is 0.196. The third kappa shape index (κ3) is 2.95. The van der Waals surface area contributed by atoms with Gasteiger partial charge in [-0.3, -0.25) is 0 Å². The highest BCUT2D eigenvalue weighted by Crippen LogP contribution is 2.33. The number of hydrogen-bond acceptors (Lipinski definition) is 1. The van der Waals surface area contributed by atoms with Gasteiger partial charge in [0.25, 0.3) is 0 Å². The molecular weight excluding hydrogens is 226 g/mol. The molecule has 0 amide bonds. The Kier molecular flexibility index (Phi) is 3.31. The highest BCUT2D eigenvalue weighted by molar-refractivity contribution is 9.09. The van der Waals surface area contributed by atoms with Crippen molar-refractivity contribution >= 4 is 15.9 Å². The molecule has 1 saturated heterocycles. The number of nitrogens with zero attached hydrogens (tertiary/aromatic N) is 1. The topological polar surface area (TPSA) is 3.24 Å². The van der Waals surface area contributed by atoms with Crippen LogP contribution in [0.1, 0.15) is 32.6 Å². The van der Waals surface area contributed by atoms with Gasteiger partial charge in [0, 0.05) is 11.4 Å². The molecule has 1 saturated carbocycles. The number of likely N-dealkylation sites (tertiary alicyclic amines) is 1. The molecule has 76 valence electrons. The van der Waals surface area contributed by atoms with Crippen LogP contribution in [0.15, 0.2) is 0 Å². The Morgan fingerprint density at radius 1 is 1.31 bits per heavy atom. The van der Waals surface area contributed by atoms with E-state index in [1.165, 1.54) is 45.3 Å². The molecule has 0 aromatic carbocycles. The lowest BCUT2D eigenvalue weighted by Crippen LogP contribution is -2.40. The monoisotopic (exact) mass is 245 g/mol. The molecule has 0 radical (unpaired) electrons. The summed E-state index contributed by atoms with van der Waals surface area (Å²) >= 11 is 3.78. The smallest absolute Gasteiger partial charge is 0.0299 e. The van der Waals surface area contributed by atoms with Crippen molar-refractivity contribution in [1.29, 1.82) is 0 Å². The third-order valence-electron chi connectivity index (χ3n) is 3.50. The van der Waals surface area contributed by atoms with Gasteiger partial charge in [-0.05, 0) is 37.8 Å². The van der Waals surface area contributed by atoms with E-state index in [0.29, 0.717) is 0 Å². The van der Waals surface area contributed by atoms with E-state index in [1.54, 1.807) is 0 Å². The van der Waals surface area contributed by atoms with Crippen molar-refractivity contribution in [3.8, 4) is 0 Å². The Morgan fingerprint density at radius 3 is 2.69 bits per heavy atom. The van der Waals surface area contributed by atoms with Crippen LogP contribution in [0.2, 0.25) is 0 Å². The van der Waals surface area contributed by atoms with Gasteiger partial charge in [-0.1, -0.05) is 35.7 Å². The average Bonchev–Trinajstić information content (AvgIpc) is 2.91. The molecule has 1 aliphatic heterocycles. The fraction of sp³-hybridized carbons (Fsp3) is 1.00. The molecule has 0 bridgehead atoms. The van der Waals surface area contributed by atoms with Gasteiger partial charge in [0.1, 0.15) is 0 Å². The summed E-state index contributed by atoms with van der Waals surface area (Å²) < 4.78 is 0. The molecule has 13 heavy (non-hydrogen) atoms. The van der Waals surface area contributed by atoms with Gasteiger partial charge < -0.3 is 4.90 Å². The Balaban J connectivity index is 1.68. The summed E-state index contributed by atoms with van der Waals surface area (Å²) in [6, 6.07) is 0. The van der Waals surface area contributed by atoms with Crippen LogP contribution in [0.4, 0.5) is 0 Å². The average molecular weight is 246 g/mol. The number of halogens is 1. The zero-order valence-electron chi connectivity index (χ0n) is 8.51. The predicted octanol–water partition coefficient (Wildman–Crippen LogP) is 2.89. The molecule has 0 spiro atoms. The summed E-state index contributed by atoms with van der Waals surface area (Å²) in [4.78, 5) is 3.37. The molecule has 1 heterocycles. The zero-order chi connectivity index (χ0) is 9.26. The van der Waals surface area contributed by atoms with Crippen LogP contribution in [-0.2, 0) is 0 Å². The summed E-state index contributed by atoms with van der Waals surface area (Å²) in [5.41, 5.74) is 0. The normalized spacial score (nSPS) is 36.5. The first kappa shape index (κ1) is 9.97. The van der Waals surface area contributed by atoms with E-state index in [9.17, 15) is 0 Å². The molecule has 1 aliphatic carbocycles. The molecule has 0 aromatic rings. The number of rotatable bonds is 3. The van der Waals surface area contributed by atoms with Gasteiger partial charge in [0.05, 0.1) is 0 Å². The highest BCUT2D eigenvalue weighted by atomic mass is 79.9. The summed E-state index contributed by atoms with van der Waals surface area (Å²) in [5.74, 6) is 1.96. The van der Waals surface area contributed by atoms with Crippen molar-refractivity contribution in [3.05, 3.63) is 0 Å². The first-order chi connectivity index (χ1) is 6.25. The lowest BCUT2D eigenvalue weighted by atomic mass is 9.99. The van der Waals surface area contributed by atoms with Gasteiger partial charge in [0.2, 0.25) is 0 Å². The maximum Gasteiger partial charge on any atom is 0.0299 e. The maximum atomic E-state index is 3.78. The van der Waals surface area contributed by atoms with Crippen LogP contribution in [0.3, 0.4) is 0 Å². The molecule has 2 aliphatic rings. The van der Waals surface area contributed by atoms with Crippen molar-refractivity contribution in [2.75, 3.05) is 19.6 Å². The van der Waals surface area contributed by atoms with Crippen LogP contribution >= 0.6 is 15.9 Å². The van der Waals surface area contributed by atoms with Crippen molar-refractivity contribution in [2.24, 2.45) is 11.8 Å². The van der Waals surface area contributed by atoms with Crippen molar-refractivity contribution in [2.45, 2.75) is 37.4 Å². The second kappa shape index (κ2) is 4.31. The molecule has 0 aromatic heterocycles. The van der Waals surface area contributed by atoms with Gasteiger partial charge in [-0.25, -0.2) is 0 Å². The number of hydrogen-bond donors (Lipinski definition) is 0. The van der Waals surface area contributed by atoms with E-state index in [4.69, 9.17) is 0 Å². The zero-order valence-corrected chi connectivity index (χ0v) is 10.1. The van der Waals surface area contributed by atoms with Gasteiger partial charge in [-0.15, -0.1) is 0 Å². The Labute approximate surface area is 90.0 Å². The molecule has 2 heteroatoms. The summed E-state index contributed by atoms with van der Waals surface area (Å²) in [6.07, 6.45) is 5.83. The molecule has 2 unspecified atom stereocenters. The van der Waals surface area contributed by atoms with E-state index in [-0.39, 0.29) is 0 Å². The maximum absolute atomic E-state index is 3.78.